The molecule has 27 heavy (non-hydrogen) atoms. The minimum atomic E-state index is -0.608. The molecule has 140 valence electrons. The lowest BCUT2D eigenvalue weighted by Gasteiger charge is -2.17. The van der Waals surface area contributed by atoms with E-state index in [4.69, 9.17) is 9.47 Å². The monoisotopic (exact) mass is 384 g/mol. The average molecular weight is 384 g/mol. The number of ether oxygens (including phenoxy) is 2. The van der Waals surface area contributed by atoms with Crippen LogP contribution in [0.5, 0.6) is 5.75 Å². The van der Waals surface area contributed by atoms with Crippen molar-refractivity contribution in [3.8, 4) is 11.8 Å². The van der Waals surface area contributed by atoms with Crippen molar-refractivity contribution < 1.29 is 19.1 Å². The Labute approximate surface area is 161 Å². The molecule has 2 aromatic rings. The summed E-state index contributed by atoms with van der Waals surface area (Å²) in [4.78, 5) is 25.4. The molecule has 0 radical (unpaired) electrons. The zero-order valence-corrected chi connectivity index (χ0v) is 16.0. The van der Waals surface area contributed by atoms with Gasteiger partial charge in [-0.25, -0.2) is 4.79 Å². The number of benzene rings is 1. The molecule has 0 saturated carbocycles. The second kappa shape index (κ2) is 8.23. The number of nitrogens with zero attached hydrogens (tertiary/aromatic N) is 1. The molecule has 1 heterocycles. The largest absolute Gasteiger partial charge is 0.497 e. The Morgan fingerprint density at radius 1 is 1.41 bits per heavy atom. The fraction of sp³-hybridized carbons (Fsp3) is 0.350. The molecule has 1 aromatic carbocycles. The van der Waals surface area contributed by atoms with E-state index in [2.05, 4.69) is 18.3 Å². The Bertz CT molecular complexity index is 913. The minimum Gasteiger partial charge on any atom is -0.497 e. The number of rotatable bonds is 5. The summed E-state index contributed by atoms with van der Waals surface area (Å²) >= 11 is 1.44. The second-order valence-corrected chi connectivity index (χ2v) is 7.63. The van der Waals surface area contributed by atoms with E-state index in [1.165, 1.54) is 18.4 Å². The summed E-state index contributed by atoms with van der Waals surface area (Å²) in [5, 5.41) is 12.7. The Morgan fingerprint density at radius 3 is 2.96 bits per heavy atom. The van der Waals surface area contributed by atoms with Gasteiger partial charge in [-0.2, -0.15) is 5.26 Å². The number of methoxy groups -OCH3 is 1. The molecule has 1 amide bonds. The van der Waals surface area contributed by atoms with Crippen LogP contribution >= 0.6 is 11.3 Å². The van der Waals surface area contributed by atoms with Crippen LogP contribution in [0, 0.1) is 17.2 Å². The summed E-state index contributed by atoms with van der Waals surface area (Å²) in [5.41, 5.74) is 1.89. The Kier molecular flexibility index (Phi) is 5.77. The highest BCUT2D eigenvalue weighted by molar-refractivity contribution is 7.16. The van der Waals surface area contributed by atoms with Gasteiger partial charge in [0.1, 0.15) is 16.8 Å². The van der Waals surface area contributed by atoms with E-state index < -0.39 is 18.5 Å². The van der Waals surface area contributed by atoms with Gasteiger partial charge in [0.25, 0.3) is 5.91 Å². The molecule has 1 aliphatic rings. The lowest BCUT2D eigenvalue weighted by Crippen LogP contribution is -2.21. The maximum Gasteiger partial charge on any atom is 0.338 e. The van der Waals surface area contributed by atoms with Gasteiger partial charge in [-0.3, -0.25) is 4.79 Å². The summed E-state index contributed by atoms with van der Waals surface area (Å²) in [6.07, 6.45) is 2.83. The second-order valence-electron chi connectivity index (χ2n) is 6.52. The van der Waals surface area contributed by atoms with Gasteiger partial charge in [-0.05, 0) is 48.9 Å². The highest BCUT2D eigenvalue weighted by atomic mass is 32.1. The van der Waals surface area contributed by atoms with Crippen molar-refractivity contribution in [1.82, 2.24) is 0 Å². The fourth-order valence-corrected chi connectivity index (χ4v) is 4.46. The van der Waals surface area contributed by atoms with E-state index in [1.54, 1.807) is 24.3 Å². The number of thiophene rings is 1. The number of esters is 1. The van der Waals surface area contributed by atoms with Gasteiger partial charge in [-0.15, -0.1) is 11.3 Å². The molecular formula is C20H20N2O4S. The lowest BCUT2D eigenvalue weighted by atomic mass is 9.89. The van der Waals surface area contributed by atoms with Gasteiger partial charge in [-0.1, -0.05) is 13.0 Å². The number of amides is 1. The van der Waals surface area contributed by atoms with Gasteiger partial charge in [0.05, 0.1) is 18.2 Å². The van der Waals surface area contributed by atoms with Crippen molar-refractivity contribution in [2.24, 2.45) is 5.92 Å². The van der Waals surface area contributed by atoms with Gasteiger partial charge in [0, 0.05) is 4.88 Å². The van der Waals surface area contributed by atoms with Crippen LogP contribution < -0.4 is 10.1 Å². The number of anilines is 1. The zero-order chi connectivity index (χ0) is 19.4. The van der Waals surface area contributed by atoms with E-state index >= 15 is 0 Å². The molecule has 0 saturated heterocycles. The van der Waals surface area contributed by atoms with Crippen LogP contribution in [0.2, 0.25) is 0 Å². The molecule has 0 bridgehead atoms. The van der Waals surface area contributed by atoms with Crippen LogP contribution in [0.3, 0.4) is 0 Å². The summed E-state index contributed by atoms with van der Waals surface area (Å²) in [5.74, 6) is 0.0410. The SMILES string of the molecule is COc1cccc(C(=O)OCC(=O)Nc2sc3c(c2C#N)CC[C@H](C)C3)c1. The summed E-state index contributed by atoms with van der Waals surface area (Å²) < 4.78 is 10.1. The van der Waals surface area contributed by atoms with E-state index in [-0.39, 0.29) is 0 Å². The van der Waals surface area contributed by atoms with E-state index in [0.717, 1.165) is 29.7 Å². The first kappa shape index (κ1) is 18.9. The number of fused-ring (bicyclic) bond motifs is 1. The molecule has 1 aliphatic carbocycles. The Hall–Kier alpha value is -2.85. The average Bonchev–Trinajstić information content (AvgIpc) is 3.01. The quantitative estimate of drug-likeness (QED) is 0.797. The van der Waals surface area contributed by atoms with Crippen LogP contribution in [-0.2, 0) is 22.4 Å². The lowest BCUT2D eigenvalue weighted by molar-refractivity contribution is -0.119. The predicted molar refractivity (Wildman–Crippen MR) is 102 cm³/mol. The van der Waals surface area contributed by atoms with E-state index in [0.29, 0.717) is 27.8 Å². The van der Waals surface area contributed by atoms with Crippen molar-refractivity contribution in [1.29, 1.82) is 5.26 Å². The number of nitrogens with one attached hydrogen (secondary N) is 1. The molecule has 6 nitrogen and oxygen atoms in total. The molecule has 3 rings (SSSR count). The van der Waals surface area contributed by atoms with Crippen molar-refractivity contribution in [3.63, 3.8) is 0 Å². The van der Waals surface area contributed by atoms with Crippen molar-refractivity contribution in [2.45, 2.75) is 26.2 Å². The predicted octanol–water partition coefficient (Wildman–Crippen LogP) is 3.55. The Morgan fingerprint density at radius 2 is 2.22 bits per heavy atom. The Balaban J connectivity index is 1.63. The first-order valence-electron chi connectivity index (χ1n) is 8.67. The van der Waals surface area contributed by atoms with Gasteiger partial charge < -0.3 is 14.8 Å². The molecule has 1 atom stereocenters. The number of nitriles is 1. The van der Waals surface area contributed by atoms with E-state index in [9.17, 15) is 14.9 Å². The smallest absolute Gasteiger partial charge is 0.338 e. The molecule has 0 unspecified atom stereocenters. The minimum absolute atomic E-state index is 0.306. The first-order chi connectivity index (χ1) is 13.0. The number of hydrogen-bond acceptors (Lipinski definition) is 6. The normalized spacial score (nSPS) is 15.4. The highest BCUT2D eigenvalue weighted by Gasteiger charge is 2.24. The maximum absolute atomic E-state index is 12.2. The fourth-order valence-electron chi connectivity index (χ4n) is 3.08. The van der Waals surface area contributed by atoms with Gasteiger partial charge in [0.15, 0.2) is 6.61 Å². The topological polar surface area (TPSA) is 88.4 Å². The third-order valence-corrected chi connectivity index (χ3v) is 5.69. The molecule has 0 aliphatic heterocycles. The van der Waals surface area contributed by atoms with Crippen LogP contribution in [0.25, 0.3) is 0 Å². The third kappa shape index (κ3) is 4.29. The summed E-state index contributed by atoms with van der Waals surface area (Å²) in [6, 6.07) is 8.72. The molecule has 7 heteroatoms. The molecule has 0 fully saturated rings. The van der Waals surface area contributed by atoms with Gasteiger partial charge >= 0.3 is 5.97 Å². The summed E-state index contributed by atoms with van der Waals surface area (Å²) in [6.45, 7) is 1.77. The van der Waals surface area contributed by atoms with Crippen molar-refractivity contribution in [3.05, 3.63) is 45.8 Å². The molecule has 0 spiro atoms. The molecule has 1 aromatic heterocycles. The third-order valence-electron chi connectivity index (χ3n) is 4.52. The maximum atomic E-state index is 12.2. The van der Waals surface area contributed by atoms with Crippen LogP contribution in [0.15, 0.2) is 24.3 Å². The number of carbonyl (C=O) groups excluding carboxylic acids is 2. The number of carbonyl (C=O) groups is 2. The van der Waals surface area contributed by atoms with Crippen molar-refractivity contribution in [2.75, 3.05) is 19.0 Å². The van der Waals surface area contributed by atoms with E-state index in [1.807, 2.05) is 0 Å². The van der Waals surface area contributed by atoms with Crippen LogP contribution in [-0.4, -0.2) is 25.6 Å². The first-order valence-corrected chi connectivity index (χ1v) is 9.49. The zero-order valence-electron chi connectivity index (χ0n) is 15.2. The number of hydrogen-bond donors (Lipinski definition) is 1. The highest BCUT2D eigenvalue weighted by Crippen LogP contribution is 2.39. The molecule has 1 N–H and O–H groups in total. The van der Waals surface area contributed by atoms with Crippen molar-refractivity contribution >= 4 is 28.2 Å². The van der Waals surface area contributed by atoms with Gasteiger partial charge in [0.2, 0.25) is 0 Å². The van der Waals surface area contributed by atoms with Crippen LogP contribution in [0.1, 0.15) is 39.7 Å². The molecular weight excluding hydrogens is 364 g/mol. The summed E-state index contributed by atoms with van der Waals surface area (Å²) in [7, 11) is 1.51. The van der Waals surface area contributed by atoms with Crippen LogP contribution in [0.4, 0.5) is 5.00 Å². The standard InChI is InChI=1S/C20H20N2O4S/c1-12-6-7-15-16(10-21)19(27-17(15)8-12)22-18(23)11-26-20(24)13-4-3-5-14(9-13)25-2/h3-5,9,12H,6-8,11H2,1-2H3,(H,22,23)/t12-/m0/s1.